The van der Waals surface area contributed by atoms with Crippen molar-refractivity contribution < 1.29 is 34.2 Å². The number of nitrogens with one attached hydrogen (secondary N) is 3. The molecule has 1 unspecified atom stereocenters. The summed E-state index contributed by atoms with van der Waals surface area (Å²) in [7, 11) is 0. The molecule has 0 bridgehead atoms. The molecule has 1 aromatic rings. The van der Waals surface area contributed by atoms with Crippen molar-refractivity contribution in [2.75, 3.05) is 10.6 Å². The van der Waals surface area contributed by atoms with Gasteiger partial charge in [-0.05, 0) is 30.7 Å². The normalized spacial score (nSPS) is 11.1. The summed E-state index contributed by atoms with van der Waals surface area (Å²) in [6.45, 7) is 1.34. The van der Waals surface area contributed by atoms with Gasteiger partial charge in [0.25, 0.3) is 0 Å². The van der Waals surface area contributed by atoms with Crippen LogP contribution in [0.4, 0.5) is 11.4 Å². The highest BCUT2D eigenvalue weighted by Crippen LogP contribution is 2.13. The number of carbonyl (C=O) groups excluding carboxylic acids is 3. The molecule has 0 spiro atoms. The van der Waals surface area contributed by atoms with Gasteiger partial charge in [0, 0.05) is 24.7 Å². The number of carboxylic acid groups (broad SMARTS) is 2. The van der Waals surface area contributed by atoms with Gasteiger partial charge in [0.2, 0.25) is 5.91 Å². The number of aliphatic carboxylic acids is 2. The van der Waals surface area contributed by atoms with Crippen LogP contribution in [-0.4, -0.2) is 45.9 Å². The van der Waals surface area contributed by atoms with E-state index in [-0.39, 0.29) is 18.0 Å². The van der Waals surface area contributed by atoms with Crippen LogP contribution in [0.5, 0.6) is 0 Å². The van der Waals surface area contributed by atoms with E-state index in [4.69, 9.17) is 10.2 Å². The van der Waals surface area contributed by atoms with Crippen molar-refractivity contribution in [3.63, 3.8) is 0 Å². The third-order valence-electron chi connectivity index (χ3n) is 2.92. The Labute approximate surface area is 142 Å². The monoisotopic (exact) mass is 351 g/mol. The van der Waals surface area contributed by atoms with Crippen molar-refractivity contribution >= 4 is 41.0 Å². The Bertz CT molecular complexity index is 685. The first kappa shape index (κ1) is 19.6. The lowest BCUT2D eigenvalue weighted by atomic mass is 10.1. The van der Waals surface area contributed by atoms with Crippen LogP contribution >= 0.6 is 0 Å². The van der Waals surface area contributed by atoms with Crippen LogP contribution in [0, 0.1) is 0 Å². The number of carbonyl (C=O) groups is 5. The first-order valence-electron chi connectivity index (χ1n) is 7.13. The molecule has 25 heavy (non-hydrogen) atoms. The van der Waals surface area contributed by atoms with E-state index in [1.807, 2.05) is 5.32 Å². The molecule has 0 saturated heterocycles. The van der Waals surface area contributed by atoms with E-state index in [2.05, 4.69) is 10.6 Å². The SMILES string of the molecule is CC(=O)Nc1ccc(NC(=O)C(=O)NC(CCC(=O)O)C(=O)O)cc1. The summed E-state index contributed by atoms with van der Waals surface area (Å²) in [5.74, 6) is -5.24. The molecule has 3 amide bonds. The molecule has 0 saturated carbocycles. The van der Waals surface area contributed by atoms with Crippen LogP contribution in [0.25, 0.3) is 0 Å². The molecule has 0 radical (unpaired) electrons. The van der Waals surface area contributed by atoms with E-state index in [9.17, 15) is 24.0 Å². The van der Waals surface area contributed by atoms with E-state index in [0.717, 1.165) is 0 Å². The fourth-order valence-corrected chi connectivity index (χ4v) is 1.78. The standard InChI is InChI=1S/C15H17N3O7/c1-8(19)16-9-2-4-10(5-3-9)17-13(22)14(23)18-11(15(24)25)6-7-12(20)21/h2-5,11H,6-7H2,1H3,(H,16,19)(H,17,22)(H,18,23)(H,20,21)(H,24,25). The minimum atomic E-state index is -1.49. The summed E-state index contributed by atoms with van der Waals surface area (Å²) in [6.07, 6.45) is -0.821. The Morgan fingerprint density at radius 1 is 0.920 bits per heavy atom. The van der Waals surface area contributed by atoms with Gasteiger partial charge in [-0.25, -0.2) is 4.79 Å². The van der Waals surface area contributed by atoms with Gasteiger partial charge in [0.1, 0.15) is 6.04 Å². The molecular formula is C15H17N3O7. The highest BCUT2D eigenvalue weighted by Gasteiger charge is 2.24. The van der Waals surface area contributed by atoms with Crippen molar-refractivity contribution in [1.82, 2.24) is 5.32 Å². The maximum absolute atomic E-state index is 11.8. The molecule has 1 aromatic carbocycles. The number of anilines is 2. The second-order valence-electron chi connectivity index (χ2n) is 5.01. The van der Waals surface area contributed by atoms with Crippen LogP contribution in [0.3, 0.4) is 0 Å². The predicted molar refractivity (Wildman–Crippen MR) is 85.8 cm³/mol. The van der Waals surface area contributed by atoms with Crippen LogP contribution in [0.15, 0.2) is 24.3 Å². The predicted octanol–water partition coefficient (Wildman–Crippen LogP) is 0.0177. The Morgan fingerprint density at radius 3 is 1.88 bits per heavy atom. The number of hydrogen-bond acceptors (Lipinski definition) is 5. The van der Waals surface area contributed by atoms with Crippen molar-refractivity contribution in [2.24, 2.45) is 0 Å². The molecule has 0 heterocycles. The quantitative estimate of drug-likeness (QED) is 0.432. The van der Waals surface area contributed by atoms with E-state index in [1.54, 1.807) is 0 Å². The van der Waals surface area contributed by atoms with E-state index in [1.165, 1.54) is 31.2 Å². The molecule has 0 aliphatic carbocycles. The van der Waals surface area contributed by atoms with Crippen molar-refractivity contribution in [1.29, 1.82) is 0 Å². The summed E-state index contributed by atoms with van der Waals surface area (Å²) in [4.78, 5) is 55.8. The summed E-state index contributed by atoms with van der Waals surface area (Å²) in [5, 5.41) is 24.2. The minimum absolute atomic E-state index is 0.256. The molecule has 134 valence electrons. The summed E-state index contributed by atoms with van der Waals surface area (Å²) >= 11 is 0. The number of carboxylic acids is 2. The van der Waals surface area contributed by atoms with Gasteiger partial charge in [-0.15, -0.1) is 0 Å². The second-order valence-corrected chi connectivity index (χ2v) is 5.01. The fourth-order valence-electron chi connectivity index (χ4n) is 1.78. The largest absolute Gasteiger partial charge is 0.481 e. The van der Waals surface area contributed by atoms with E-state index >= 15 is 0 Å². The summed E-state index contributed by atoms with van der Waals surface area (Å²) in [6, 6.07) is 4.39. The zero-order valence-corrected chi connectivity index (χ0v) is 13.2. The fraction of sp³-hybridized carbons (Fsp3) is 0.267. The zero-order chi connectivity index (χ0) is 19.0. The first-order valence-corrected chi connectivity index (χ1v) is 7.13. The van der Waals surface area contributed by atoms with Crippen LogP contribution < -0.4 is 16.0 Å². The Morgan fingerprint density at radius 2 is 1.44 bits per heavy atom. The number of hydrogen-bond donors (Lipinski definition) is 5. The third kappa shape index (κ3) is 7.12. The van der Waals surface area contributed by atoms with Crippen molar-refractivity contribution in [2.45, 2.75) is 25.8 Å². The molecule has 0 fully saturated rings. The molecule has 0 aromatic heterocycles. The van der Waals surface area contributed by atoms with Gasteiger partial charge in [-0.1, -0.05) is 0 Å². The number of amides is 3. The molecule has 10 heteroatoms. The van der Waals surface area contributed by atoms with Crippen LogP contribution in [0.2, 0.25) is 0 Å². The lowest BCUT2D eigenvalue weighted by Crippen LogP contribution is -2.45. The highest BCUT2D eigenvalue weighted by molar-refractivity contribution is 6.40. The summed E-state index contributed by atoms with van der Waals surface area (Å²) in [5.41, 5.74) is 0.751. The van der Waals surface area contributed by atoms with Crippen LogP contribution in [-0.2, 0) is 24.0 Å². The number of benzene rings is 1. The van der Waals surface area contributed by atoms with E-state index in [0.29, 0.717) is 5.69 Å². The maximum atomic E-state index is 11.8. The molecule has 1 rings (SSSR count). The maximum Gasteiger partial charge on any atom is 0.326 e. The smallest absolute Gasteiger partial charge is 0.326 e. The average molecular weight is 351 g/mol. The highest BCUT2D eigenvalue weighted by atomic mass is 16.4. The van der Waals surface area contributed by atoms with E-state index < -0.39 is 36.2 Å². The van der Waals surface area contributed by atoms with Gasteiger partial charge in [0.05, 0.1) is 0 Å². The van der Waals surface area contributed by atoms with Gasteiger partial charge in [-0.2, -0.15) is 0 Å². The minimum Gasteiger partial charge on any atom is -0.481 e. The van der Waals surface area contributed by atoms with Gasteiger partial charge in [0.15, 0.2) is 0 Å². The first-order chi connectivity index (χ1) is 11.7. The van der Waals surface area contributed by atoms with Crippen LogP contribution in [0.1, 0.15) is 19.8 Å². The lowest BCUT2D eigenvalue weighted by Gasteiger charge is -2.13. The Hall–Kier alpha value is -3.43. The third-order valence-corrected chi connectivity index (χ3v) is 2.92. The molecule has 5 N–H and O–H groups in total. The zero-order valence-electron chi connectivity index (χ0n) is 13.2. The molecule has 0 aliphatic rings. The molecule has 0 aliphatic heterocycles. The van der Waals surface area contributed by atoms with Gasteiger partial charge in [-0.3, -0.25) is 19.2 Å². The molecule has 1 atom stereocenters. The lowest BCUT2D eigenvalue weighted by molar-refractivity contribution is -0.144. The number of rotatable bonds is 7. The van der Waals surface area contributed by atoms with Crippen molar-refractivity contribution in [3.05, 3.63) is 24.3 Å². The van der Waals surface area contributed by atoms with Gasteiger partial charge >= 0.3 is 23.8 Å². The topological polar surface area (TPSA) is 162 Å². The average Bonchev–Trinajstić information content (AvgIpc) is 2.52. The Balaban J connectivity index is 2.63. The molecular weight excluding hydrogens is 334 g/mol. The Kier molecular flexibility index (Phi) is 7.07. The summed E-state index contributed by atoms with van der Waals surface area (Å²) < 4.78 is 0. The van der Waals surface area contributed by atoms with Crippen molar-refractivity contribution in [3.8, 4) is 0 Å². The second kappa shape index (κ2) is 9.01. The molecule has 10 nitrogen and oxygen atoms in total. The van der Waals surface area contributed by atoms with Gasteiger partial charge < -0.3 is 26.2 Å².